The first-order valence-corrected chi connectivity index (χ1v) is 5.76. The molecule has 86 valence electrons. The van der Waals surface area contributed by atoms with E-state index in [-0.39, 0.29) is 6.61 Å². The van der Waals surface area contributed by atoms with Crippen molar-refractivity contribution in [3.63, 3.8) is 0 Å². The first kappa shape index (κ1) is 12.7. The number of aromatic nitrogens is 2. The zero-order valence-electron chi connectivity index (χ0n) is 9.42. The Labute approximate surface area is 98.6 Å². The summed E-state index contributed by atoms with van der Waals surface area (Å²) in [6.07, 6.45) is 0.706. The SMILES string of the molecule is Cc1nn(CCC(C)(N)CO)c(C)c1Br. The third-order valence-electron chi connectivity index (χ3n) is 2.55. The zero-order valence-corrected chi connectivity index (χ0v) is 11.0. The highest BCUT2D eigenvalue weighted by atomic mass is 79.9. The second-order valence-electron chi connectivity index (χ2n) is 4.27. The predicted molar refractivity (Wildman–Crippen MR) is 63.7 cm³/mol. The lowest BCUT2D eigenvalue weighted by Gasteiger charge is -2.21. The van der Waals surface area contributed by atoms with E-state index in [1.54, 1.807) is 0 Å². The van der Waals surface area contributed by atoms with Crippen molar-refractivity contribution >= 4 is 15.9 Å². The monoisotopic (exact) mass is 275 g/mol. The quantitative estimate of drug-likeness (QED) is 0.872. The zero-order chi connectivity index (χ0) is 11.6. The van der Waals surface area contributed by atoms with Crippen LogP contribution < -0.4 is 5.73 Å². The minimum atomic E-state index is -0.529. The van der Waals surface area contributed by atoms with Gasteiger partial charge in [0.1, 0.15) is 0 Å². The highest BCUT2D eigenvalue weighted by molar-refractivity contribution is 9.10. The molecule has 0 amide bonds. The molecule has 15 heavy (non-hydrogen) atoms. The van der Waals surface area contributed by atoms with Crippen LogP contribution in [0.2, 0.25) is 0 Å². The molecule has 0 aliphatic carbocycles. The first-order chi connectivity index (χ1) is 6.87. The molecule has 0 aromatic carbocycles. The van der Waals surface area contributed by atoms with E-state index in [9.17, 15) is 0 Å². The standard InChI is InChI=1S/C10H18BrN3O/c1-7-9(11)8(2)14(13-7)5-4-10(3,12)6-15/h15H,4-6,12H2,1-3H3. The minimum absolute atomic E-state index is 0.00648. The summed E-state index contributed by atoms with van der Waals surface area (Å²) in [6.45, 7) is 6.53. The molecule has 0 aliphatic heterocycles. The molecular weight excluding hydrogens is 258 g/mol. The summed E-state index contributed by atoms with van der Waals surface area (Å²) in [6, 6.07) is 0. The Kier molecular flexibility index (Phi) is 3.92. The second-order valence-corrected chi connectivity index (χ2v) is 5.06. The summed E-state index contributed by atoms with van der Waals surface area (Å²) in [5.41, 5.74) is 7.41. The fraction of sp³-hybridized carbons (Fsp3) is 0.700. The van der Waals surface area contributed by atoms with Gasteiger partial charge in [-0.15, -0.1) is 0 Å². The Hall–Kier alpha value is -0.390. The molecule has 1 aromatic rings. The average molecular weight is 276 g/mol. The number of halogens is 1. The number of aryl methyl sites for hydroxylation is 2. The van der Waals surface area contributed by atoms with E-state index >= 15 is 0 Å². The molecule has 0 radical (unpaired) electrons. The van der Waals surface area contributed by atoms with Gasteiger partial charge in [-0.2, -0.15) is 5.10 Å². The van der Waals surface area contributed by atoms with Gasteiger partial charge in [-0.1, -0.05) is 0 Å². The lowest BCUT2D eigenvalue weighted by atomic mass is 10.0. The number of nitrogens with two attached hydrogens (primary N) is 1. The molecule has 0 bridgehead atoms. The van der Waals surface area contributed by atoms with E-state index in [0.717, 1.165) is 22.4 Å². The van der Waals surface area contributed by atoms with Crippen LogP contribution in [0.25, 0.3) is 0 Å². The van der Waals surface area contributed by atoms with Gasteiger partial charge in [0.25, 0.3) is 0 Å². The van der Waals surface area contributed by atoms with Crippen molar-refractivity contribution in [1.82, 2.24) is 9.78 Å². The molecule has 3 N–H and O–H groups in total. The molecule has 1 heterocycles. The van der Waals surface area contributed by atoms with Crippen molar-refractivity contribution in [1.29, 1.82) is 0 Å². The van der Waals surface area contributed by atoms with E-state index in [0.29, 0.717) is 6.42 Å². The minimum Gasteiger partial charge on any atom is -0.394 e. The van der Waals surface area contributed by atoms with Crippen LogP contribution in [0, 0.1) is 13.8 Å². The third-order valence-corrected chi connectivity index (χ3v) is 3.70. The van der Waals surface area contributed by atoms with Gasteiger partial charge in [-0.05, 0) is 43.1 Å². The fourth-order valence-corrected chi connectivity index (χ4v) is 1.62. The number of hydrogen-bond donors (Lipinski definition) is 2. The highest BCUT2D eigenvalue weighted by Crippen LogP contribution is 2.20. The van der Waals surface area contributed by atoms with E-state index in [1.807, 2.05) is 25.5 Å². The number of aliphatic hydroxyl groups excluding tert-OH is 1. The molecule has 1 rings (SSSR count). The maximum Gasteiger partial charge on any atom is 0.0738 e. The van der Waals surface area contributed by atoms with Crippen molar-refractivity contribution in [2.24, 2.45) is 5.73 Å². The van der Waals surface area contributed by atoms with Gasteiger partial charge in [0.15, 0.2) is 0 Å². The molecule has 5 heteroatoms. The smallest absolute Gasteiger partial charge is 0.0738 e. The normalized spacial score (nSPS) is 15.3. The van der Waals surface area contributed by atoms with Crippen LogP contribution >= 0.6 is 15.9 Å². The molecule has 0 fully saturated rings. The van der Waals surface area contributed by atoms with Crippen molar-refractivity contribution < 1.29 is 5.11 Å². The lowest BCUT2D eigenvalue weighted by molar-refractivity contribution is 0.194. The number of aliphatic hydroxyl groups is 1. The van der Waals surface area contributed by atoms with E-state index in [1.165, 1.54) is 0 Å². The molecule has 4 nitrogen and oxygen atoms in total. The van der Waals surface area contributed by atoms with Gasteiger partial charge in [0.05, 0.1) is 16.8 Å². The van der Waals surface area contributed by atoms with Gasteiger partial charge in [0, 0.05) is 17.8 Å². The van der Waals surface area contributed by atoms with Crippen molar-refractivity contribution in [2.45, 2.75) is 39.3 Å². The molecule has 1 unspecified atom stereocenters. The van der Waals surface area contributed by atoms with Crippen molar-refractivity contribution in [2.75, 3.05) is 6.61 Å². The topological polar surface area (TPSA) is 64.1 Å². The van der Waals surface area contributed by atoms with Gasteiger partial charge in [-0.3, -0.25) is 4.68 Å². The van der Waals surface area contributed by atoms with E-state index in [2.05, 4.69) is 21.0 Å². The molecule has 1 aromatic heterocycles. The van der Waals surface area contributed by atoms with Gasteiger partial charge in [-0.25, -0.2) is 0 Å². The molecular formula is C10H18BrN3O. The van der Waals surface area contributed by atoms with Gasteiger partial charge in [0.2, 0.25) is 0 Å². The molecule has 0 saturated carbocycles. The average Bonchev–Trinajstić information content (AvgIpc) is 2.43. The number of nitrogens with zero attached hydrogens (tertiary/aromatic N) is 2. The Morgan fingerprint density at radius 1 is 1.53 bits per heavy atom. The van der Waals surface area contributed by atoms with E-state index < -0.39 is 5.54 Å². The van der Waals surface area contributed by atoms with Crippen LogP contribution in [0.5, 0.6) is 0 Å². The summed E-state index contributed by atoms with van der Waals surface area (Å²) in [5.74, 6) is 0. The largest absolute Gasteiger partial charge is 0.394 e. The second kappa shape index (κ2) is 4.63. The summed E-state index contributed by atoms with van der Waals surface area (Å²) >= 11 is 3.47. The predicted octanol–water partition coefficient (Wildman–Crippen LogP) is 1.36. The van der Waals surface area contributed by atoms with Crippen LogP contribution in [0.4, 0.5) is 0 Å². The van der Waals surface area contributed by atoms with Crippen molar-refractivity contribution in [3.8, 4) is 0 Å². The Morgan fingerprint density at radius 3 is 2.53 bits per heavy atom. The Balaban J connectivity index is 2.70. The number of hydrogen-bond acceptors (Lipinski definition) is 3. The van der Waals surface area contributed by atoms with Crippen LogP contribution in [0.15, 0.2) is 4.47 Å². The third kappa shape index (κ3) is 3.03. The first-order valence-electron chi connectivity index (χ1n) is 4.96. The van der Waals surface area contributed by atoms with Crippen molar-refractivity contribution in [3.05, 3.63) is 15.9 Å². The molecule has 0 spiro atoms. The van der Waals surface area contributed by atoms with Crippen LogP contribution in [0.3, 0.4) is 0 Å². The van der Waals surface area contributed by atoms with Gasteiger partial charge >= 0.3 is 0 Å². The number of rotatable bonds is 4. The Bertz CT molecular complexity index is 347. The summed E-state index contributed by atoms with van der Waals surface area (Å²) in [7, 11) is 0. The Morgan fingerprint density at radius 2 is 2.13 bits per heavy atom. The lowest BCUT2D eigenvalue weighted by Crippen LogP contribution is -2.41. The maximum absolute atomic E-state index is 9.04. The summed E-state index contributed by atoms with van der Waals surface area (Å²) in [4.78, 5) is 0. The molecule has 0 saturated heterocycles. The van der Waals surface area contributed by atoms with Gasteiger partial charge < -0.3 is 10.8 Å². The van der Waals surface area contributed by atoms with Crippen LogP contribution in [-0.2, 0) is 6.54 Å². The van der Waals surface area contributed by atoms with Crippen LogP contribution in [-0.4, -0.2) is 27.0 Å². The summed E-state index contributed by atoms with van der Waals surface area (Å²) in [5, 5.41) is 13.4. The highest BCUT2D eigenvalue weighted by Gasteiger charge is 2.18. The fourth-order valence-electron chi connectivity index (χ4n) is 1.33. The maximum atomic E-state index is 9.04. The summed E-state index contributed by atoms with van der Waals surface area (Å²) < 4.78 is 2.96. The van der Waals surface area contributed by atoms with Crippen LogP contribution in [0.1, 0.15) is 24.7 Å². The molecule has 0 aliphatic rings. The van der Waals surface area contributed by atoms with E-state index in [4.69, 9.17) is 10.8 Å². The molecule has 1 atom stereocenters.